The van der Waals surface area contributed by atoms with Crippen molar-refractivity contribution in [2.75, 3.05) is 51.3 Å². The fourth-order valence-electron chi connectivity index (χ4n) is 3.36. The van der Waals surface area contributed by atoms with Gasteiger partial charge in [-0.05, 0) is 49.9 Å². The van der Waals surface area contributed by atoms with E-state index in [1.165, 1.54) is 6.07 Å². The maximum absolute atomic E-state index is 14.7. The summed E-state index contributed by atoms with van der Waals surface area (Å²) in [7, 11) is 1.58. The molecule has 0 aromatic heterocycles. The number of carbonyl (C=O) groups is 1. The molecule has 3 rings (SSSR count). The van der Waals surface area contributed by atoms with Gasteiger partial charge >= 0.3 is 0 Å². The molecule has 8 heteroatoms. The number of hydrazone groups is 1. The van der Waals surface area contributed by atoms with Gasteiger partial charge in [-0.1, -0.05) is 13.0 Å². The van der Waals surface area contributed by atoms with Crippen molar-refractivity contribution in [3.05, 3.63) is 53.8 Å². The van der Waals surface area contributed by atoms with Crippen LogP contribution in [0, 0.1) is 5.82 Å². The van der Waals surface area contributed by atoms with E-state index in [0.29, 0.717) is 28.5 Å². The maximum Gasteiger partial charge on any atom is 0.277 e. The van der Waals surface area contributed by atoms with Crippen LogP contribution in [0.5, 0.6) is 11.5 Å². The van der Waals surface area contributed by atoms with Gasteiger partial charge in [0.2, 0.25) is 0 Å². The molecule has 0 bridgehead atoms. The molecule has 1 aliphatic heterocycles. The highest BCUT2D eigenvalue weighted by Gasteiger charge is 2.19. The minimum absolute atomic E-state index is 0.180. The molecule has 2 aromatic carbocycles. The van der Waals surface area contributed by atoms with Gasteiger partial charge < -0.3 is 19.3 Å². The Balaban J connectivity index is 1.53. The van der Waals surface area contributed by atoms with Crippen molar-refractivity contribution in [1.82, 2.24) is 10.3 Å². The van der Waals surface area contributed by atoms with Crippen LogP contribution in [0.25, 0.3) is 0 Å². The number of hydrogen-bond donors (Lipinski definition) is 1. The number of nitrogens with zero attached hydrogens (tertiary/aromatic N) is 3. The smallest absolute Gasteiger partial charge is 0.277 e. The molecule has 7 nitrogen and oxygen atoms in total. The van der Waals surface area contributed by atoms with E-state index >= 15 is 0 Å². The molecule has 0 unspecified atom stereocenters. The lowest BCUT2D eigenvalue weighted by Crippen LogP contribution is -2.46. The van der Waals surface area contributed by atoms with E-state index in [-0.39, 0.29) is 12.4 Å². The Morgan fingerprint density at radius 2 is 1.77 bits per heavy atom. The summed E-state index contributed by atoms with van der Waals surface area (Å²) in [5.74, 6) is 0.569. The van der Waals surface area contributed by atoms with Gasteiger partial charge in [-0.3, -0.25) is 4.79 Å². The average Bonchev–Trinajstić information content (AvgIpc) is 2.81. The third-order valence-corrected chi connectivity index (χ3v) is 5.30. The second kappa shape index (κ2) is 10.8. The van der Waals surface area contributed by atoms with Crippen LogP contribution in [-0.2, 0) is 4.79 Å². The van der Waals surface area contributed by atoms with Crippen LogP contribution in [-0.4, -0.2) is 63.0 Å². The van der Waals surface area contributed by atoms with E-state index < -0.39 is 5.91 Å². The predicted molar refractivity (Wildman–Crippen MR) is 120 cm³/mol. The standard InChI is InChI=1S/C23H29FN4O3/c1-4-27-11-13-28(14-12-27)22-10-5-18(15-21(22)24)17(2)25-26-23(29)16-31-20-8-6-19(30-3)7-9-20/h5-10,15H,4,11-14,16H2,1-3H3,(H,26,29)/b25-17-. The maximum atomic E-state index is 14.7. The lowest BCUT2D eigenvalue weighted by atomic mass is 10.1. The van der Waals surface area contributed by atoms with Gasteiger partial charge in [-0.15, -0.1) is 0 Å². The monoisotopic (exact) mass is 428 g/mol. The van der Waals surface area contributed by atoms with Crippen molar-refractivity contribution in [1.29, 1.82) is 0 Å². The Hall–Kier alpha value is -3.13. The quantitative estimate of drug-likeness (QED) is 0.517. The fraction of sp³-hybridized carbons (Fsp3) is 0.391. The number of ether oxygens (including phenoxy) is 2. The molecule has 1 fully saturated rings. The number of piperazine rings is 1. The van der Waals surface area contributed by atoms with Crippen LogP contribution in [0.3, 0.4) is 0 Å². The molecule has 1 amide bonds. The molecule has 1 saturated heterocycles. The molecular formula is C23H29FN4O3. The Morgan fingerprint density at radius 3 is 2.39 bits per heavy atom. The average molecular weight is 429 g/mol. The van der Waals surface area contributed by atoms with Crippen molar-refractivity contribution in [3.63, 3.8) is 0 Å². The van der Waals surface area contributed by atoms with Gasteiger partial charge in [0.15, 0.2) is 6.61 Å². The molecule has 1 aliphatic rings. The molecule has 166 valence electrons. The van der Waals surface area contributed by atoms with Crippen LogP contribution >= 0.6 is 0 Å². The molecule has 0 aliphatic carbocycles. The largest absolute Gasteiger partial charge is 0.497 e. The summed E-state index contributed by atoms with van der Waals surface area (Å²) in [6, 6.07) is 12.0. The third kappa shape index (κ3) is 6.18. The summed E-state index contributed by atoms with van der Waals surface area (Å²) in [4.78, 5) is 16.4. The van der Waals surface area contributed by atoms with Crippen LogP contribution in [0.15, 0.2) is 47.6 Å². The Kier molecular flexibility index (Phi) is 7.83. The van der Waals surface area contributed by atoms with Crippen LogP contribution in [0.4, 0.5) is 10.1 Å². The lowest BCUT2D eigenvalue weighted by Gasteiger charge is -2.35. The van der Waals surface area contributed by atoms with Crippen molar-refractivity contribution < 1.29 is 18.7 Å². The molecule has 1 heterocycles. The van der Waals surface area contributed by atoms with Gasteiger partial charge in [-0.25, -0.2) is 9.82 Å². The number of amides is 1. The number of halogens is 1. The van der Waals surface area contributed by atoms with E-state index in [0.717, 1.165) is 32.7 Å². The first-order chi connectivity index (χ1) is 15.0. The minimum atomic E-state index is -0.402. The summed E-state index contributed by atoms with van der Waals surface area (Å²) in [6.45, 7) is 8.17. The highest BCUT2D eigenvalue weighted by molar-refractivity contribution is 5.99. The molecule has 0 radical (unpaired) electrons. The molecule has 31 heavy (non-hydrogen) atoms. The van der Waals surface area contributed by atoms with Crippen molar-refractivity contribution in [2.45, 2.75) is 13.8 Å². The molecule has 1 N–H and O–H groups in total. The topological polar surface area (TPSA) is 66.4 Å². The summed E-state index contributed by atoms with van der Waals surface area (Å²) >= 11 is 0. The van der Waals surface area contributed by atoms with Gasteiger partial charge in [0.05, 0.1) is 18.5 Å². The second-order valence-electron chi connectivity index (χ2n) is 7.28. The Bertz CT molecular complexity index is 910. The SMILES string of the molecule is CCN1CCN(c2ccc(/C(C)=N\NC(=O)COc3ccc(OC)cc3)cc2F)CC1. The van der Waals surface area contributed by atoms with Crippen LogP contribution in [0.2, 0.25) is 0 Å². The highest BCUT2D eigenvalue weighted by Crippen LogP contribution is 2.22. The number of nitrogens with one attached hydrogen (secondary N) is 1. The summed E-state index contributed by atoms with van der Waals surface area (Å²) in [5.41, 5.74) is 4.17. The fourth-order valence-corrected chi connectivity index (χ4v) is 3.36. The number of likely N-dealkylation sites (N-methyl/N-ethyl adjacent to an activating group) is 1. The molecule has 2 aromatic rings. The van der Waals surface area contributed by atoms with Crippen molar-refractivity contribution in [3.8, 4) is 11.5 Å². The zero-order chi connectivity index (χ0) is 22.2. The van der Waals surface area contributed by atoms with E-state index in [4.69, 9.17) is 9.47 Å². The predicted octanol–water partition coefficient (Wildman–Crippen LogP) is 2.90. The van der Waals surface area contributed by atoms with Crippen LogP contribution in [0.1, 0.15) is 19.4 Å². The first kappa shape index (κ1) is 22.6. The Labute approximate surface area is 182 Å². The van der Waals surface area contributed by atoms with Crippen LogP contribution < -0.4 is 19.8 Å². The van der Waals surface area contributed by atoms with Gasteiger partial charge in [0, 0.05) is 31.7 Å². The van der Waals surface area contributed by atoms with Crippen molar-refractivity contribution >= 4 is 17.3 Å². The first-order valence-corrected chi connectivity index (χ1v) is 10.4. The van der Waals surface area contributed by atoms with Gasteiger partial charge in [-0.2, -0.15) is 5.10 Å². The molecule has 0 saturated carbocycles. The number of anilines is 1. The zero-order valence-corrected chi connectivity index (χ0v) is 18.2. The normalized spacial score (nSPS) is 15.0. The van der Waals surface area contributed by atoms with Gasteiger partial charge in [0.1, 0.15) is 17.3 Å². The van der Waals surface area contributed by atoms with E-state index in [2.05, 4.69) is 27.3 Å². The highest BCUT2D eigenvalue weighted by atomic mass is 19.1. The Morgan fingerprint density at radius 1 is 1.10 bits per heavy atom. The lowest BCUT2D eigenvalue weighted by molar-refractivity contribution is -0.123. The number of hydrogen-bond acceptors (Lipinski definition) is 6. The summed E-state index contributed by atoms with van der Waals surface area (Å²) in [6.07, 6.45) is 0. The number of benzene rings is 2. The number of carbonyl (C=O) groups excluding carboxylic acids is 1. The number of methoxy groups -OCH3 is 1. The third-order valence-electron chi connectivity index (χ3n) is 5.30. The number of rotatable bonds is 8. The zero-order valence-electron chi connectivity index (χ0n) is 18.2. The van der Waals surface area contributed by atoms with E-state index in [9.17, 15) is 9.18 Å². The molecule has 0 spiro atoms. The summed E-state index contributed by atoms with van der Waals surface area (Å²) < 4.78 is 25.2. The van der Waals surface area contributed by atoms with E-state index in [1.54, 1.807) is 44.4 Å². The molecular weight excluding hydrogens is 399 g/mol. The molecule has 0 atom stereocenters. The van der Waals surface area contributed by atoms with Gasteiger partial charge in [0.25, 0.3) is 5.91 Å². The first-order valence-electron chi connectivity index (χ1n) is 10.4. The minimum Gasteiger partial charge on any atom is -0.497 e. The van der Waals surface area contributed by atoms with Crippen molar-refractivity contribution in [2.24, 2.45) is 5.10 Å². The van der Waals surface area contributed by atoms with E-state index in [1.807, 2.05) is 6.07 Å². The second-order valence-corrected chi connectivity index (χ2v) is 7.28. The summed E-state index contributed by atoms with van der Waals surface area (Å²) in [5, 5.41) is 4.07.